The minimum absolute atomic E-state index is 0.0325. The summed E-state index contributed by atoms with van der Waals surface area (Å²) < 4.78 is 30.7. The van der Waals surface area contributed by atoms with Crippen LogP contribution in [0.2, 0.25) is 0 Å². The van der Waals surface area contributed by atoms with Crippen LogP contribution in [0.5, 0.6) is 11.5 Å². The molecule has 10 nitrogen and oxygen atoms in total. The zero-order chi connectivity index (χ0) is 35.6. The van der Waals surface area contributed by atoms with E-state index in [0.29, 0.717) is 33.8 Å². The lowest BCUT2D eigenvalue weighted by Crippen LogP contribution is -2.19. The smallest absolute Gasteiger partial charge is 0.333 e. The molecule has 10 heteroatoms. The van der Waals surface area contributed by atoms with E-state index in [-0.39, 0.29) is 45.1 Å². The van der Waals surface area contributed by atoms with Crippen molar-refractivity contribution in [2.24, 2.45) is 0 Å². The van der Waals surface area contributed by atoms with Gasteiger partial charge in [-0.1, -0.05) is 64.4 Å². The molecule has 0 radical (unpaired) electrons. The molecule has 0 unspecified atom stereocenters. The minimum atomic E-state index is -0.489. The lowest BCUT2D eigenvalue weighted by Gasteiger charge is -2.26. The van der Waals surface area contributed by atoms with Gasteiger partial charge in [0.25, 0.3) is 0 Å². The molecule has 0 amide bonds. The van der Waals surface area contributed by atoms with Gasteiger partial charge in [-0.05, 0) is 63.1 Å². The Hall–Kier alpha value is -5.12. The summed E-state index contributed by atoms with van der Waals surface area (Å²) >= 11 is 0. The van der Waals surface area contributed by atoms with Gasteiger partial charge in [-0.25, -0.2) is 19.2 Å². The molecule has 0 spiro atoms. The zero-order valence-electron chi connectivity index (χ0n) is 28.3. The van der Waals surface area contributed by atoms with Crippen molar-refractivity contribution in [1.29, 1.82) is 0 Å². The van der Waals surface area contributed by atoms with Crippen molar-refractivity contribution in [3.05, 3.63) is 108 Å². The molecule has 2 rings (SSSR count). The molecule has 0 saturated carbocycles. The van der Waals surface area contributed by atoms with Crippen LogP contribution >= 0.6 is 0 Å². The molecular weight excluding hydrogens is 604 g/mol. The predicted octanol–water partition coefficient (Wildman–Crippen LogP) is 6.23. The number of carbonyl (C=O) groups is 4. The molecular formula is C37H46O10. The highest BCUT2D eigenvalue weighted by Crippen LogP contribution is 2.33. The van der Waals surface area contributed by atoms with E-state index in [1.807, 2.05) is 48.5 Å². The van der Waals surface area contributed by atoms with Gasteiger partial charge in [-0.3, -0.25) is 0 Å². The molecule has 0 aromatic heterocycles. The summed E-state index contributed by atoms with van der Waals surface area (Å²) in [6.07, 6.45) is 0. The third kappa shape index (κ3) is 15.1. The minimum Gasteiger partial charge on any atom is -0.490 e. The summed E-state index contributed by atoms with van der Waals surface area (Å²) in [5, 5.41) is 0. The summed E-state index contributed by atoms with van der Waals surface area (Å²) in [7, 11) is 0. The number of carbonyl (C=O) groups excluding carboxylic acids is 4. The first-order chi connectivity index (χ1) is 22.1. The molecule has 0 N–H and O–H groups in total. The summed E-state index contributed by atoms with van der Waals surface area (Å²) in [4.78, 5) is 44.4. The van der Waals surface area contributed by atoms with E-state index < -0.39 is 23.9 Å². The Morgan fingerprint density at radius 2 is 0.702 bits per heavy atom. The number of ether oxygens (including phenoxy) is 6. The normalized spacial score (nSPS) is 10.3. The topological polar surface area (TPSA) is 124 Å². The fourth-order valence-electron chi connectivity index (χ4n) is 3.45. The van der Waals surface area contributed by atoms with Crippen molar-refractivity contribution < 1.29 is 47.6 Å². The molecule has 2 aromatic carbocycles. The zero-order valence-corrected chi connectivity index (χ0v) is 28.3. The quantitative estimate of drug-likeness (QED) is 0.0842. The maximum Gasteiger partial charge on any atom is 0.333 e. The summed E-state index contributed by atoms with van der Waals surface area (Å²) in [6, 6.07) is 15.7. The molecule has 2 aromatic rings. The fraction of sp³-hybridized carbons (Fsp3) is 0.351. The Morgan fingerprint density at radius 3 is 0.936 bits per heavy atom. The van der Waals surface area contributed by atoms with E-state index in [2.05, 4.69) is 49.6 Å². The van der Waals surface area contributed by atoms with Crippen LogP contribution in [0.4, 0.5) is 0 Å². The number of hydrogen-bond donors (Lipinski definition) is 0. The summed E-state index contributed by atoms with van der Waals surface area (Å²) in [5.74, 6) is -0.404. The Morgan fingerprint density at radius 1 is 0.468 bits per heavy atom. The Balaban J connectivity index is 0.000000663. The van der Waals surface area contributed by atoms with Crippen LogP contribution < -0.4 is 9.47 Å². The molecule has 0 saturated heterocycles. The van der Waals surface area contributed by atoms with Crippen LogP contribution in [0.15, 0.2) is 97.1 Å². The van der Waals surface area contributed by atoms with E-state index in [1.165, 1.54) is 0 Å². The summed E-state index contributed by atoms with van der Waals surface area (Å²) in [5.41, 5.74) is 3.39. The lowest BCUT2D eigenvalue weighted by atomic mass is 9.78. The van der Waals surface area contributed by atoms with E-state index in [1.54, 1.807) is 27.7 Å². The fourth-order valence-corrected chi connectivity index (χ4v) is 3.45. The lowest BCUT2D eigenvalue weighted by molar-refractivity contribution is -0.147. The van der Waals surface area contributed by atoms with Crippen LogP contribution in [-0.2, 0) is 43.5 Å². The molecule has 47 heavy (non-hydrogen) atoms. The van der Waals surface area contributed by atoms with Crippen LogP contribution in [0.1, 0.15) is 52.7 Å². The second-order valence-corrected chi connectivity index (χ2v) is 11.0. The summed E-state index contributed by atoms with van der Waals surface area (Å²) in [6.45, 7) is 25.4. The van der Waals surface area contributed by atoms with Gasteiger partial charge >= 0.3 is 23.9 Å². The standard InChI is InChI=1S/C27H32O6.C10H14O4/c1-19(2)25(28)32-17-15-30-23-11-7-21(8-12-23)27(5,6)22-9-13-24(14-10-22)31-16-18-33-26(29)20(3)4;1-7(2)9(11)13-5-6-14-10(12)8(3)4/h7-14H,1,3,15-18H2,2,4-6H3;1,3,5-6H2,2,4H3. The van der Waals surface area contributed by atoms with Crippen molar-refractivity contribution in [3.63, 3.8) is 0 Å². The van der Waals surface area contributed by atoms with E-state index in [0.717, 1.165) is 11.1 Å². The Kier molecular flexibility index (Phi) is 17.1. The maximum absolute atomic E-state index is 11.4. The van der Waals surface area contributed by atoms with Gasteiger partial charge in [-0.2, -0.15) is 0 Å². The highest BCUT2D eigenvalue weighted by Gasteiger charge is 2.23. The van der Waals surface area contributed by atoms with Gasteiger partial charge in [-0.15, -0.1) is 0 Å². The highest BCUT2D eigenvalue weighted by atomic mass is 16.6. The van der Waals surface area contributed by atoms with Crippen molar-refractivity contribution in [2.45, 2.75) is 47.0 Å². The van der Waals surface area contributed by atoms with E-state index in [4.69, 9.17) is 18.9 Å². The SMILES string of the molecule is C=C(C)C(=O)OCCOC(=O)C(=C)C.C=C(C)C(=O)OCCOc1ccc(C(C)(C)c2ccc(OCCOC(=O)C(=C)C)cc2)cc1. The van der Waals surface area contributed by atoms with Gasteiger partial charge in [0.05, 0.1) is 0 Å². The highest BCUT2D eigenvalue weighted by molar-refractivity contribution is 5.88. The average Bonchev–Trinajstić information content (AvgIpc) is 3.03. The third-order valence-electron chi connectivity index (χ3n) is 6.27. The van der Waals surface area contributed by atoms with E-state index >= 15 is 0 Å². The number of rotatable bonds is 17. The number of esters is 4. The molecule has 0 heterocycles. The van der Waals surface area contributed by atoms with Crippen LogP contribution in [0, 0.1) is 0 Å². The Labute approximate surface area is 277 Å². The number of hydrogen-bond acceptors (Lipinski definition) is 10. The molecule has 0 aliphatic rings. The molecule has 0 fully saturated rings. The molecule has 0 bridgehead atoms. The average molecular weight is 651 g/mol. The van der Waals surface area contributed by atoms with Crippen LogP contribution in [0.25, 0.3) is 0 Å². The van der Waals surface area contributed by atoms with Gasteiger partial charge in [0, 0.05) is 27.7 Å². The van der Waals surface area contributed by atoms with Crippen molar-refractivity contribution in [2.75, 3.05) is 39.6 Å². The molecule has 0 aliphatic heterocycles. The van der Waals surface area contributed by atoms with E-state index in [9.17, 15) is 19.2 Å². The molecule has 0 atom stereocenters. The molecule has 0 aliphatic carbocycles. The van der Waals surface area contributed by atoms with Gasteiger partial charge in [0.1, 0.15) is 51.1 Å². The van der Waals surface area contributed by atoms with Crippen LogP contribution in [-0.4, -0.2) is 63.5 Å². The number of benzene rings is 2. The second-order valence-electron chi connectivity index (χ2n) is 11.0. The first-order valence-electron chi connectivity index (χ1n) is 14.8. The van der Waals surface area contributed by atoms with Gasteiger partial charge in [0.15, 0.2) is 0 Å². The monoisotopic (exact) mass is 650 g/mol. The Bertz CT molecular complexity index is 1310. The van der Waals surface area contributed by atoms with Gasteiger partial charge < -0.3 is 28.4 Å². The third-order valence-corrected chi connectivity index (χ3v) is 6.27. The first-order valence-corrected chi connectivity index (χ1v) is 14.8. The molecule has 254 valence electrons. The predicted molar refractivity (Wildman–Crippen MR) is 179 cm³/mol. The van der Waals surface area contributed by atoms with Gasteiger partial charge in [0.2, 0.25) is 0 Å². The first kappa shape index (κ1) is 39.9. The maximum atomic E-state index is 11.4. The largest absolute Gasteiger partial charge is 0.490 e. The van der Waals surface area contributed by atoms with Crippen molar-refractivity contribution >= 4 is 23.9 Å². The van der Waals surface area contributed by atoms with Crippen molar-refractivity contribution in [1.82, 2.24) is 0 Å². The van der Waals surface area contributed by atoms with Crippen molar-refractivity contribution in [3.8, 4) is 11.5 Å². The second kappa shape index (κ2) is 20.1. The van der Waals surface area contributed by atoms with Crippen LogP contribution in [0.3, 0.4) is 0 Å².